The normalized spacial score (nSPS) is 11.9. The van der Waals surface area contributed by atoms with Gasteiger partial charge in [-0.25, -0.2) is 4.39 Å². The molecule has 0 aliphatic heterocycles. The highest BCUT2D eigenvalue weighted by Gasteiger charge is 2.13. The first-order valence-corrected chi connectivity index (χ1v) is 8.15. The Morgan fingerprint density at radius 2 is 1.79 bits per heavy atom. The summed E-state index contributed by atoms with van der Waals surface area (Å²) in [4.78, 5) is 0. The van der Waals surface area contributed by atoms with E-state index in [2.05, 4.69) is 13.8 Å². The Labute approximate surface area is 120 Å². The van der Waals surface area contributed by atoms with Crippen LogP contribution in [0.2, 0.25) is 0 Å². The summed E-state index contributed by atoms with van der Waals surface area (Å²) in [6.07, 6.45) is 8.33. The number of halogens is 1. The zero-order valence-electron chi connectivity index (χ0n) is 12.5. The van der Waals surface area contributed by atoms with E-state index in [0.29, 0.717) is 0 Å². The van der Waals surface area contributed by atoms with Gasteiger partial charge in [0.1, 0.15) is 16.3 Å². The van der Waals surface area contributed by atoms with E-state index in [-0.39, 0.29) is 11.4 Å². The van der Waals surface area contributed by atoms with E-state index in [0.717, 1.165) is 35.3 Å². The highest BCUT2D eigenvalue weighted by Crippen LogP contribution is 2.18. The molecule has 0 atom stereocenters. The summed E-state index contributed by atoms with van der Waals surface area (Å²) in [6.45, 7) is 4.34. The van der Waals surface area contributed by atoms with Gasteiger partial charge in [0.25, 0.3) is 0 Å². The summed E-state index contributed by atoms with van der Waals surface area (Å²) < 4.78 is 18.5. The van der Waals surface area contributed by atoms with Gasteiger partial charge in [0, 0.05) is 5.60 Å². The van der Waals surface area contributed by atoms with Crippen molar-refractivity contribution in [2.75, 3.05) is 0 Å². The summed E-state index contributed by atoms with van der Waals surface area (Å²) in [7, 11) is 0.822. The van der Waals surface area contributed by atoms with Crippen molar-refractivity contribution in [3.05, 3.63) is 35.6 Å². The van der Waals surface area contributed by atoms with Crippen LogP contribution in [0.4, 0.5) is 4.39 Å². The zero-order chi connectivity index (χ0) is 14.1. The van der Waals surface area contributed by atoms with Gasteiger partial charge in [0.05, 0.1) is 0 Å². The van der Waals surface area contributed by atoms with E-state index in [1.807, 2.05) is 6.07 Å². The molecule has 0 spiro atoms. The van der Waals surface area contributed by atoms with Crippen molar-refractivity contribution in [3.63, 3.8) is 0 Å². The summed E-state index contributed by atoms with van der Waals surface area (Å²) >= 11 is 0. The number of benzene rings is 1. The van der Waals surface area contributed by atoms with Gasteiger partial charge in [-0.15, -0.1) is 0 Å². The lowest BCUT2D eigenvalue weighted by atomic mass is 9.99. The standard InChI is InChI=1S/C16H27FOSi/c1-16(2,18-19)12-7-5-3-4-6-9-14-10-8-11-15(17)13-14/h8,10-11,13H,3-7,9,12H2,1-2,19H3. The molecule has 0 saturated heterocycles. The first-order chi connectivity index (χ1) is 9.03. The Bertz CT molecular complexity index is 366. The van der Waals surface area contributed by atoms with Crippen LogP contribution in [0.3, 0.4) is 0 Å². The van der Waals surface area contributed by atoms with E-state index in [1.165, 1.54) is 31.7 Å². The molecule has 0 bridgehead atoms. The Kier molecular flexibility index (Phi) is 7.32. The minimum atomic E-state index is -0.122. The van der Waals surface area contributed by atoms with Gasteiger partial charge in [-0.2, -0.15) is 0 Å². The molecule has 1 rings (SSSR count). The van der Waals surface area contributed by atoms with Crippen molar-refractivity contribution in [1.82, 2.24) is 0 Å². The molecule has 0 aliphatic rings. The lowest BCUT2D eigenvalue weighted by Gasteiger charge is -2.23. The monoisotopic (exact) mass is 282 g/mol. The molecule has 19 heavy (non-hydrogen) atoms. The van der Waals surface area contributed by atoms with Crippen molar-refractivity contribution in [2.24, 2.45) is 0 Å². The van der Waals surface area contributed by atoms with Gasteiger partial charge >= 0.3 is 0 Å². The van der Waals surface area contributed by atoms with Crippen LogP contribution in [0.5, 0.6) is 0 Å². The third kappa shape index (κ3) is 7.48. The average Bonchev–Trinajstić information content (AvgIpc) is 2.38. The maximum Gasteiger partial charge on any atom is 0.146 e. The first kappa shape index (κ1) is 16.4. The minimum absolute atomic E-state index is 0.0772. The SMILES string of the molecule is CC(C)(CCCCCCCc1cccc(F)c1)O[SiH3]. The summed E-state index contributed by atoms with van der Waals surface area (Å²) in [5.41, 5.74) is 1.19. The lowest BCUT2D eigenvalue weighted by Crippen LogP contribution is -2.22. The van der Waals surface area contributed by atoms with Crippen LogP contribution in [0.15, 0.2) is 24.3 Å². The van der Waals surface area contributed by atoms with E-state index in [1.54, 1.807) is 12.1 Å². The molecule has 0 amide bonds. The van der Waals surface area contributed by atoms with Crippen LogP contribution < -0.4 is 0 Å². The van der Waals surface area contributed by atoms with Crippen LogP contribution in [0, 0.1) is 5.82 Å². The van der Waals surface area contributed by atoms with Gasteiger partial charge < -0.3 is 4.43 Å². The second-order valence-electron chi connectivity index (χ2n) is 5.86. The fourth-order valence-corrected chi connectivity index (χ4v) is 2.41. The second kappa shape index (κ2) is 8.49. The minimum Gasteiger partial charge on any atom is -0.423 e. The second-order valence-corrected chi connectivity index (χ2v) is 6.27. The van der Waals surface area contributed by atoms with Crippen molar-refractivity contribution in [2.45, 2.75) is 64.4 Å². The van der Waals surface area contributed by atoms with Crippen molar-refractivity contribution in [1.29, 1.82) is 0 Å². The fraction of sp³-hybridized carbons (Fsp3) is 0.625. The van der Waals surface area contributed by atoms with Crippen LogP contribution in [0.25, 0.3) is 0 Å². The molecule has 1 aromatic carbocycles. The Morgan fingerprint density at radius 3 is 2.47 bits per heavy atom. The number of unbranched alkanes of at least 4 members (excludes halogenated alkanes) is 4. The topological polar surface area (TPSA) is 9.23 Å². The molecule has 3 heteroatoms. The number of rotatable bonds is 9. The number of hydrogen-bond acceptors (Lipinski definition) is 1. The highest BCUT2D eigenvalue weighted by molar-refractivity contribution is 5.98. The zero-order valence-corrected chi connectivity index (χ0v) is 14.5. The molecule has 0 fully saturated rings. The van der Waals surface area contributed by atoms with E-state index in [4.69, 9.17) is 4.43 Å². The molecular formula is C16H27FOSi. The number of hydrogen-bond donors (Lipinski definition) is 0. The van der Waals surface area contributed by atoms with Crippen molar-refractivity contribution in [3.8, 4) is 0 Å². The molecule has 0 saturated carbocycles. The van der Waals surface area contributed by atoms with Crippen LogP contribution in [-0.2, 0) is 10.8 Å². The van der Waals surface area contributed by atoms with E-state index in [9.17, 15) is 4.39 Å². The molecule has 108 valence electrons. The summed E-state index contributed by atoms with van der Waals surface area (Å²) in [5.74, 6) is -0.122. The van der Waals surface area contributed by atoms with Crippen LogP contribution in [-0.4, -0.2) is 16.1 Å². The van der Waals surface area contributed by atoms with Crippen LogP contribution >= 0.6 is 0 Å². The molecule has 0 unspecified atom stereocenters. The molecule has 0 N–H and O–H groups in total. The summed E-state index contributed by atoms with van der Waals surface area (Å²) in [6, 6.07) is 6.95. The van der Waals surface area contributed by atoms with Gasteiger partial charge in [0.15, 0.2) is 0 Å². The first-order valence-electron chi connectivity index (χ1n) is 7.33. The third-order valence-electron chi connectivity index (χ3n) is 3.69. The predicted octanol–water partition coefficient (Wildman–Crippen LogP) is 3.78. The van der Waals surface area contributed by atoms with Crippen molar-refractivity contribution >= 4 is 10.5 Å². The summed E-state index contributed by atoms with van der Waals surface area (Å²) in [5, 5.41) is 0. The fourth-order valence-electron chi connectivity index (χ4n) is 2.20. The predicted molar refractivity (Wildman–Crippen MR) is 82.9 cm³/mol. The molecule has 0 radical (unpaired) electrons. The van der Waals surface area contributed by atoms with Crippen molar-refractivity contribution < 1.29 is 8.82 Å². The smallest absolute Gasteiger partial charge is 0.146 e. The Balaban J connectivity index is 2.03. The molecule has 1 nitrogen and oxygen atoms in total. The number of aryl methyl sites for hydroxylation is 1. The molecule has 0 aliphatic carbocycles. The average molecular weight is 282 g/mol. The van der Waals surface area contributed by atoms with E-state index < -0.39 is 0 Å². The largest absolute Gasteiger partial charge is 0.423 e. The van der Waals surface area contributed by atoms with Gasteiger partial charge in [-0.1, -0.05) is 37.8 Å². The Hall–Kier alpha value is -0.673. The van der Waals surface area contributed by atoms with Gasteiger partial charge in [0.2, 0.25) is 0 Å². The third-order valence-corrected chi connectivity index (χ3v) is 4.79. The lowest BCUT2D eigenvalue weighted by molar-refractivity contribution is 0.109. The van der Waals surface area contributed by atoms with Crippen LogP contribution in [0.1, 0.15) is 57.9 Å². The Morgan fingerprint density at radius 1 is 1.11 bits per heavy atom. The molecule has 0 heterocycles. The quantitative estimate of drug-likeness (QED) is 0.495. The molecule has 1 aromatic rings. The highest BCUT2D eigenvalue weighted by atomic mass is 28.2. The maximum atomic E-state index is 13.0. The molecule has 0 aromatic heterocycles. The molecular weight excluding hydrogens is 255 g/mol. The van der Waals surface area contributed by atoms with E-state index >= 15 is 0 Å². The van der Waals surface area contributed by atoms with Gasteiger partial charge in [-0.3, -0.25) is 0 Å². The maximum absolute atomic E-state index is 13.0. The van der Waals surface area contributed by atoms with Gasteiger partial charge in [-0.05, 0) is 50.8 Å².